The molecule has 104 valence electrons. The summed E-state index contributed by atoms with van der Waals surface area (Å²) in [5.74, 6) is 2.76. The molecule has 1 unspecified atom stereocenters. The van der Waals surface area contributed by atoms with Crippen LogP contribution in [-0.4, -0.2) is 19.8 Å². The van der Waals surface area contributed by atoms with E-state index in [1.54, 1.807) is 0 Å². The molecule has 1 heterocycles. The van der Waals surface area contributed by atoms with Crippen molar-refractivity contribution in [2.24, 2.45) is 5.92 Å². The van der Waals surface area contributed by atoms with Crippen molar-refractivity contribution in [2.45, 2.75) is 38.6 Å². The number of benzene rings is 1. The lowest BCUT2D eigenvalue weighted by molar-refractivity contribution is 0.168. The molecule has 3 heteroatoms. The zero-order chi connectivity index (χ0) is 13.1. The van der Waals surface area contributed by atoms with Crippen LogP contribution in [0.3, 0.4) is 0 Å². The van der Waals surface area contributed by atoms with Gasteiger partial charge in [0.1, 0.15) is 13.2 Å². The van der Waals surface area contributed by atoms with Crippen LogP contribution in [0.2, 0.25) is 0 Å². The van der Waals surface area contributed by atoms with E-state index in [2.05, 4.69) is 24.4 Å². The van der Waals surface area contributed by atoms with Crippen molar-refractivity contribution in [1.29, 1.82) is 0 Å². The third kappa shape index (κ3) is 3.03. The molecule has 1 N–H and O–H groups in total. The lowest BCUT2D eigenvalue weighted by Crippen LogP contribution is -2.25. The largest absolute Gasteiger partial charge is 0.486 e. The van der Waals surface area contributed by atoms with Crippen molar-refractivity contribution in [1.82, 2.24) is 5.32 Å². The summed E-state index contributed by atoms with van der Waals surface area (Å²) in [5.41, 5.74) is 1.28. The summed E-state index contributed by atoms with van der Waals surface area (Å²) in [6, 6.07) is 6.68. The quantitative estimate of drug-likeness (QED) is 0.852. The Kier molecular flexibility index (Phi) is 3.92. The first-order valence-corrected chi connectivity index (χ1v) is 7.50. The highest BCUT2D eigenvalue weighted by molar-refractivity contribution is 5.49. The molecule has 1 aromatic rings. The number of fused-ring (bicyclic) bond motifs is 1. The highest BCUT2D eigenvalue weighted by Crippen LogP contribution is 2.43. The molecular weight excluding hydrogens is 238 g/mol. The van der Waals surface area contributed by atoms with Crippen molar-refractivity contribution in [3.8, 4) is 11.5 Å². The second-order valence-electron chi connectivity index (χ2n) is 5.56. The van der Waals surface area contributed by atoms with E-state index >= 15 is 0 Å². The van der Waals surface area contributed by atoms with Gasteiger partial charge in [0.25, 0.3) is 0 Å². The number of para-hydroxylation sites is 1. The summed E-state index contributed by atoms with van der Waals surface area (Å²) in [6.45, 7) is 4.59. The van der Waals surface area contributed by atoms with Crippen LogP contribution in [0, 0.1) is 5.92 Å². The Hall–Kier alpha value is -1.22. The second-order valence-corrected chi connectivity index (χ2v) is 5.56. The normalized spacial score (nSPS) is 19.2. The Morgan fingerprint density at radius 3 is 2.89 bits per heavy atom. The highest BCUT2D eigenvalue weighted by Gasteiger charge is 2.29. The van der Waals surface area contributed by atoms with Gasteiger partial charge in [-0.05, 0) is 31.4 Å². The Bertz CT molecular complexity index is 429. The smallest absolute Gasteiger partial charge is 0.166 e. The fourth-order valence-electron chi connectivity index (χ4n) is 2.70. The molecule has 1 aliphatic carbocycles. The van der Waals surface area contributed by atoms with Crippen LogP contribution in [0.1, 0.15) is 44.2 Å². The number of ether oxygens (including phenoxy) is 2. The zero-order valence-corrected chi connectivity index (χ0v) is 11.7. The first-order valence-electron chi connectivity index (χ1n) is 7.50. The first-order chi connectivity index (χ1) is 9.38. The molecule has 0 radical (unpaired) electrons. The van der Waals surface area contributed by atoms with Gasteiger partial charge in [0.2, 0.25) is 0 Å². The Labute approximate surface area is 115 Å². The molecule has 1 fully saturated rings. The van der Waals surface area contributed by atoms with Gasteiger partial charge >= 0.3 is 0 Å². The average Bonchev–Trinajstić information content (AvgIpc) is 3.27. The first kappa shape index (κ1) is 12.8. The SMILES string of the molecule is CCCNC(CC1CC1)c1cccc2c1OCCO2. The third-order valence-corrected chi connectivity index (χ3v) is 3.88. The molecule has 0 aromatic heterocycles. The van der Waals surface area contributed by atoms with Crippen LogP contribution in [-0.2, 0) is 0 Å². The molecule has 3 rings (SSSR count). The van der Waals surface area contributed by atoms with Crippen LogP contribution in [0.5, 0.6) is 11.5 Å². The van der Waals surface area contributed by atoms with Gasteiger partial charge in [0, 0.05) is 11.6 Å². The van der Waals surface area contributed by atoms with E-state index < -0.39 is 0 Å². The maximum atomic E-state index is 5.85. The molecule has 0 bridgehead atoms. The lowest BCUT2D eigenvalue weighted by atomic mass is 9.99. The van der Waals surface area contributed by atoms with Crippen molar-refractivity contribution in [2.75, 3.05) is 19.8 Å². The fourth-order valence-corrected chi connectivity index (χ4v) is 2.70. The van der Waals surface area contributed by atoms with E-state index in [-0.39, 0.29) is 0 Å². The molecule has 0 spiro atoms. The third-order valence-electron chi connectivity index (χ3n) is 3.88. The molecule has 0 amide bonds. The van der Waals surface area contributed by atoms with Crippen LogP contribution in [0.25, 0.3) is 0 Å². The summed E-state index contributed by atoms with van der Waals surface area (Å²) in [4.78, 5) is 0. The van der Waals surface area contributed by atoms with Crippen molar-refractivity contribution >= 4 is 0 Å². The van der Waals surface area contributed by atoms with Gasteiger partial charge in [-0.25, -0.2) is 0 Å². The van der Waals surface area contributed by atoms with Gasteiger partial charge in [-0.15, -0.1) is 0 Å². The van der Waals surface area contributed by atoms with Crippen molar-refractivity contribution in [3.63, 3.8) is 0 Å². The zero-order valence-electron chi connectivity index (χ0n) is 11.7. The molecular formula is C16H23NO2. The van der Waals surface area contributed by atoms with Gasteiger partial charge < -0.3 is 14.8 Å². The van der Waals surface area contributed by atoms with E-state index in [0.29, 0.717) is 19.3 Å². The molecule has 2 aliphatic rings. The monoisotopic (exact) mass is 261 g/mol. The molecule has 1 aromatic carbocycles. The molecule has 1 atom stereocenters. The summed E-state index contributed by atoms with van der Waals surface area (Å²) in [5, 5.41) is 3.67. The predicted molar refractivity (Wildman–Crippen MR) is 75.8 cm³/mol. The van der Waals surface area contributed by atoms with E-state index in [1.807, 2.05) is 6.07 Å². The molecule has 3 nitrogen and oxygen atoms in total. The van der Waals surface area contributed by atoms with E-state index in [0.717, 1.165) is 30.4 Å². The second kappa shape index (κ2) is 5.83. The Morgan fingerprint density at radius 1 is 1.26 bits per heavy atom. The lowest BCUT2D eigenvalue weighted by Gasteiger charge is -2.26. The highest BCUT2D eigenvalue weighted by atomic mass is 16.6. The van der Waals surface area contributed by atoms with Crippen molar-refractivity contribution < 1.29 is 9.47 Å². The number of hydrogen-bond acceptors (Lipinski definition) is 3. The van der Waals surface area contributed by atoms with Crippen LogP contribution < -0.4 is 14.8 Å². The number of nitrogens with one attached hydrogen (secondary N) is 1. The maximum absolute atomic E-state index is 5.85. The average molecular weight is 261 g/mol. The van der Waals surface area contributed by atoms with Crippen LogP contribution in [0.4, 0.5) is 0 Å². The van der Waals surface area contributed by atoms with E-state index in [1.165, 1.54) is 24.8 Å². The molecule has 19 heavy (non-hydrogen) atoms. The minimum atomic E-state index is 0.407. The van der Waals surface area contributed by atoms with Gasteiger partial charge in [-0.1, -0.05) is 31.9 Å². The summed E-state index contributed by atoms with van der Waals surface area (Å²) < 4.78 is 11.5. The van der Waals surface area contributed by atoms with Crippen molar-refractivity contribution in [3.05, 3.63) is 23.8 Å². The van der Waals surface area contributed by atoms with Gasteiger partial charge in [0.15, 0.2) is 11.5 Å². The molecule has 1 saturated carbocycles. The van der Waals surface area contributed by atoms with E-state index in [4.69, 9.17) is 9.47 Å². The Morgan fingerprint density at radius 2 is 2.11 bits per heavy atom. The minimum absolute atomic E-state index is 0.407. The summed E-state index contributed by atoms with van der Waals surface area (Å²) >= 11 is 0. The minimum Gasteiger partial charge on any atom is -0.486 e. The van der Waals surface area contributed by atoms with Crippen LogP contribution in [0.15, 0.2) is 18.2 Å². The summed E-state index contributed by atoms with van der Waals surface area (Å²) in [6.07, 6.45) is 5.15. The molecule has 0 saturated heterocycles. The fraction of sp³-hybridized carbons (Fsp3) is 0.625. The van der Waals surface area contributed by atoms with Gasteiger partial charge in [-0.2, -0.15) is 0 Å². The predicted octanol–water partition coefficient (Wildman–Crippen LogP) is 3.30. The number of rotatable bonds is 6. The van der Waals surface area contributed by atoms with Gasteiger partial charge in [-0.3, -0.25) is 0 Å². The van der Waals surface area contributed by atoms with Crippen LogP contribution >= 0.6 is 0 Å². The standard InChI is InChI=1S/C16H23NO2/c1-2-8-17-14(11-12-6-7-12)13-4-3-5-15-16(13)19-10-9-18-15/h3-5,12,14,17H,2,6-11H2,1H3. The topological polar surface area (TPSA) is 30.5 Å². The Balaban J connectivity index is 1.83. The molecule has 1 aliphatic heterocycles. The maximum Gasteiger partial charge on any atom is 0.166 e. The summed E-state index contributed by atoms with van der Waals surface area (Å²) in [7, 11) is 0. The van der Waals surface area contributed by atoms with E-state index in [9.17, 15) is 0 Å². The van der Waals surface area contributed by atoms with Gasteiger partial charge in [0.05, 0.1) is 0 Å². The number of hydrogen-bond donors (Lipinski definition) is 1.